The highest BCUT2D eigenvalue weighted by Gasteiger charge is 2.09. The standard InChI is InChI=1S/C7H2ClF2NS/c8-12-5-1-4(3-11)7(10)6(9)2-5/h1-2H. The van der Waals surface area contributed by atoms with E-state index in [0.717, 1.165) is 17.0 Å². The number of nitriles is 1. The van der Waals surface area contributed by atoms with E-state index in [4.69, 9.17) is 15.9 Å². The van der Waals surface area contributed by atoms with Gasteiger partial charge in [0, 0.05) is 4.90 Å². The molecule has 0 aliphatic carbocycles. The Balaban J connectivity index is 3.31. The Morgan fingerprint density at radius 1 is 1.42 bits per heavy atom. The molecule has 0 aromatic heterocycles. The largest absolute Gasteiger partial charge is 0.204 e. The summed E-state index contributed by atoms with van der Waals surface area (Å²) in [6.45, 7) is 0. The summed E-state index contributed by atoms with van der Waals surface area (Å²) in [6, 6.07) is 3.65. The van der Waals surface area contributed by atoms with Crippen LogP contribution >= 0.6 is 21.7 Å². The second kappa shape index (κ2) is 3.74. The Labute approximate surface area is 76.5 Å². The van der Waals surface area contributed by atoms with Crippen LogP contribution in [0.25, 0.3) is 0 Å². The Morgan fingerprint density at radius 2 is 2.08 bits per heavy atom. The number of nitrogens with zero attached hydrogens (tertiary/aromatic N) is 1. The van der Waals surface area contributed by atoms with Gasteiger partial charge in [0.2, 0.25) is 0 Å². The van der Waals surface area contributed by atoms with Crippen molar-refractivity contribution in [3.05, 3.63) is 29.3 Å². The molecular formula is C7H2ClF2NS. The Kier molecular flexibility index (Phi) is 2.90. The van der Waals surface area contributed by atoms with E-state index in [-0.39, 0.29) is 5.56 Å². The maximum atomic E-state index is 12.7. The maximum absolute atomic E-state index is 12.7. The third kappa shape index (κ3) is 1.68. The molecule has 0 fully saturated rings. The Morgan fingerprint density at radius 3 is 2.58 bits per heavy atom. The van der Waals surface area contributed by atoms with Crippen LogP contribution in [-0.2, 0) is 0 Å². The van der Waals surface area contributed by atoms with E-state index in [1.807, 2.05) is 0 Å². The third-order valence-corrected chi connectivity index (χ3v) is 2.16. The van der Waals surface area contributed by atoms with Gasteiger partial charge in [-0.3, -0.25) is 0 Å². The molecule has 12 heavy (non-hydrogen) atoms. The summed E-state index contributed by atoms with van der Waals surface area (Å²) in [4.78, 5) is 0.312. The van der Waals surface area contributed by atoms with Crippen molar-refractivity contribution in [1.82, 2.24) is 0 Å². The van der Waals surface area contributed by atoms with Gasteiger partial charge in [0.05, 0.1) is 5.56 Å². The lowest BCUT2D eigenvalue weighted by Crippen LogP contribution is -1.89. The summed E-state index contributed by atoms with van der Waals surface area (Å²) in [5, 5.41) is 8.35. The minimum absolute atomic E-state index is 0.312. The van der Waals surface area contributed by atoms with Gasteiger partial charge in [-0.2, -0.15) is 5.26 Å². The van der Waals surface area contributed by atoms with Crippen molar-refractivity contribution in [2.24, 2.45) is 0 Å². The smallest absolute Gasteiger partial charge is 0.176 e. The molecule has 5 heteroatoms. The van der Waals surface area contributed by atoms with Crippen LogP contribution in [-0.4, -0.2) is 0 Å². The van der Waals surface area contributed by atoms with Crippen LogP contribution in [0, 0.1) is 23.0 Å². The van der Waals surface area contributed by atoms with E-state index in [1.54, 1.807) is 0 Å². The van der Waals surface area contributed by atoms with Gasteiger partial charge in [0.15, 0.2) is 11.6 Å². The predicted molar refractivity (Wildman–Crippen MR) is 42.8 cm³/mol. The molecule has 0 saturated heterocycles. The van der Waals surface area contributed by atoms with Crippen LogP contribution in [0.15, 0.2) is 17.0 Å². The predicted octanol–water partition coefficient (Wildman–Crippen LogP) is 3.08. The van der Waals surface area contributed by atoms with E-state index in [2.05, 4.69) is 0 Å². The van der Waals surface area contributed by atoms with Gasteiger partial charge >= 0.3 is 0 Å². The van der Waals surface area contributed by atoms with Crippen molar-refractivity contribution in [3.63, 3.8) is 0 Å². The first-order valence-corrected chi connectivity index (χ1v) is 4.51. The van der Waals surface area contributed by atoms with Crippen molar-refractivity contribution in [1.29, 1.82) is 5.26 Å². The average molecular weight is 206 g/mol. The molecule has 0 amide bonds. The molecule has 0 heterocycles. The quantitative estimate of drug-likeness (QED) is 0.704. The summed E-state index contributed by atoms with van der Waals surface area (Å²) >= 11 is 0. The molecule has 1 aromatic rings. The summed E-state index contributed by atoms with van der Waals surface area (Å²) < 4.78 is 25.3. The van der Waals surface area contributed by atoms with Crippen LogP contribution in [0.1, 0.15) is 5.56 Å². The molecular weight excluding hydrogens is 204 g/mol. The monoisotopic (exact) mass is 205 g/mol. The molecule has 0 bridgehead atoms. The topological polar surface area (TPSA) is 23.8 Å². The zero-order valence-electron chi connectivity index (χ0n) is 5.64. The van der Waals surface area contributed by atoms with Crippen LogP contribution in [0.5, 0.6) is 0 Å². The highest BCUT2D eigenvalue weighted by atomic mass is 35.7. The highest BCUT2D eigenvalue weighted by Crippen LogP contribution is 2.25. The molecule has 0 aliphatic rings. The van der Waals surface area contributed by atoms with Crippen molar-refractivity contribution in [3.8, 4) is 6.07 Å². The summed E-state index contributed by atoms with van der Waals surface area (Å²) in [5.41, 5.74) is -0.335. The van der Waals surface area contributed by atoms with Crippen LogP contribution < -0.4 is 0 Å². The molecule has 0 radical (unpaired) electrons. The van der Waals surface area contributed by atoms with Gasteiger partial charge in [-0.1, -0.05) is 0 Å². The van der Waals surface area contributed by atoms with E-state index >= 15 is 0 Å². The fourth-order valence-corrected chi connectivity index (χ4v) is 1.27. The van der Waals surface area contributed by atoms with Crippen LogP contribution in [0.3, 0.4) is 0 Å². The lowest BCUT2D eigenvalue weighted by Gasteiger charge is -1.97. The van der Waals surface area contributed by atoms with Gasteiger partial charge < -0.3 is 0 Å². The SMILES string of the molecule is N#Cc1cc(SCl)cc(F)c1F. The van der Waals surface area contributed by atoms with Gasteiger partial charge in [0.25, 0.3) is 0 Å². The van der Waals surface area contributed by atoms with E-state index < -0.39 is 11.6 Å². The number of hydrogen-bond acceptors (Lipinski definition) is 2. The lowest BCUT2D eigenvalue weighted by atomic mass is 10.2. The number of rotatable bonds is 1. The number of benzene rings is 1. The molecule has 1 aromatic carbocycles. The van der Waals surface area contributed by atoms with Gasteiger partial charge in [-0.25, -0.2) is 8.78 Å². The molecule has 62 valence electrons. The molecule has 0 spiro atoms. The van der Waals surface area contributed by atoms with Gasteiger partial charge in [0.1, 0.15) is 6.07 Å². The maximum Gasteiger partial charge on any atom is 0.176 e. The highest BCUT2D eigenvalue weighted by molar-refractivity contribution is 8.21. The molecule has 0 N–H and O–H groups in total. The molecule has 0 saturated carbocycles. The minimum Gasteiger partial charge on any atom is -0.204 e. The molecule has 0 unspecified atom stereocenters. The Hall–Kier alpha value is -0.790. The summed E-state index contributed by atoms with van der Waals surface area (Å²) in [6.07, 6.45) is 0. The number of hydrogen-bond donors (Lipinski definition) is 0. The summed E-state index contributed by atoms with van der Waals surface area (Å²) in [7, 11) is 6.03. The first-order chi connectivity index (χ1) is 5.69. The first-order valence-electron chi connectivity index (χ1n) is 2.86. The zero-order chi connectivity index (χ0) is 9.14. The van der Waals surface area contributed by atoms with Gasteiger partial charge in [-0.05, 0) is 33.8 Å². The third-order valence-electron chi connectivity index (χ3n) is 1.21. The molecule has 0 aliphatic heterocycles. The fraction of sp³-hybridized carbons (Fsp3) is 0. The van der Waals surface area contributed by atoms with Crippen molar-refractivity contribution in [2.75, 3.05) is 0 Å². The van der Waals surface area contributed by atoms with E-state index in [0.29, 0.717) is 4.90 Å². The molecule has 1 nitrogen and oxygen atoms in total. The van der Waals surface area contributed by atoms with Crippen molar-refractivity contribution in [2.45, 2.75) is 4.90 Å². The summed E-state index contributed by atoms with van der Waals surface area (Å²) in [5.74, 6) is -2.19. The number of halogens is 3. The molecule has 0 atom stereocenters. The molecule has 1 rings (SSSR count). The van der Waals surface area contributed by atoms with Crippen molar-refractivity contribution < 1.29 is 8.78 Å². The second-order valence-corrected chi connectivity index (χ2v) is 3.04. The Bertz CT molecular complexity index is 348. The second-order valence-electron chi connectivity index (χ2n) is 1.96. The zero-order valence-corrected chi connectivity index (χ0v) is 7.22. The van der Waals surface area contributed by atoms with Crippen LogP contribution in [0.2, 0.25) is 0 Å². The first kappa shape index (κ1) is 9.30. The lowest BCUT2D eigenvalue weighted by molar-refractivity contribution is 0.503. The fourth-order valence-electron chi connectivity index (χ4n) is 0.690. The van der Waals surface area contributed by atoms with Crippen LogP contribution in [0.4, 0.5) is 8.78 Å². The van der Waals surface area contributed by atoms with E-state index in [9.17, 15) is 8.78 Å². The van der Waals surface area contributed by atoms with Crippen molar-refractivity contribution >= 4 is 21.7 Å². The van der Waals surface area contributed by atoms with E-state index in [1.165, 1.54) is 12.1 Å². The minimum atomic E-state index is -1.13. The van der Waals surface area contributed by atoms with Gasteiger partial charge in [-0.15, -0.1) is 0 Å². The average Bonchev–Trinajstić information content (AvgIpc) is 2.09. The normalized spacial score (nSPS) is 9.50.